The van der Waals surface area contributed by atoms with Gasteiger partial charge in [0.25, 0.3) is 0 Å². The molecule has 0 aliphatic rings. The van der Waals surface area contributed by atoms with Gasteiger partial charge in [-0.25, -0.2) is 4.79 Å². The van der Waals surface area contributed by atoms with E-state index in [1.165, 1.54) is 19.2 Å². The molecule has 0 bridgehead atoms. The number of nitro benzene ring substituents is 1. The summed E-state index contributed by atoms with van der Waals surface area (Å²) in [6, 6.07) is 4.43. The first-order valence-electron chi connectivity index (χ1n) is 4.28. The van der Waals surface area contributed by atoms with E-state index < -0.39 is 10.9 Å². The molecule has 84 valence electrons. The summed E-state index contributed by atoms with van der Waals surface area (Å²) >= 11 is 0. The smallest absolute Gasteiger partial charge is 0.328 e. The number of nitro groups is 1. The first-order chi connectivity index (χ1) is 7.56. The van der Waals surface area contributed by atoms with Crippen LogP contribution >= 0.6 is 0 Å². The number of carboxylic acids is 1. The second-order valence-corrected chi connectivity index (χ2v) is 2.83. The highest BCUT2D eigenvalue weighted by Gasteiger charge is 2.18. The van der Waals surface area contributed by atoms with Gasteiger partial charge >= 0.3 is 11.7 Å². The number of ether oxygens (including phenoxy) is 1. The predicted octanol–water partition coefficient (Wildman–Crippen LogP) is 1.70. The largest absolute Gasteiger partial charge is 0.490 e. The normalized spacial score (nSPS) is 10.3. The number of carboxylic acid groups (broad SMARTS) is 1. The summed E-state index contributed by atoms with van der Waals surface area (Å²) in [4.78, 5) is 20.5. The first kappa shape index (κ1) is 11.7. The molecule has 0 heterocycles. The fourth-order valence-electron chi connectivity index (χ4n) is 1.19. The zero-order chi connectivity index (χ0) is 12.1. The molecule has 0 spiro atoms. The third-order valence-corrected chi connectivity index (χ3v) is 1.84. The van der Waals surface area contributed by atoms with Crippen molar-refractivity contribution in [3.05, 3.63) is 40.0 Å². The molecule has 1 aromatic rings. The van der Waals surface area contributed by atoms with Gasteiger partial charge in [-0.05, 0) is 18.2 Å². The Balaban J connectivity index is 3.27. The van der Waals surface area contributed by atoms with Gasteiger partial charge in [0.15, 0.2) is 5.75 Å². The van der Waals surface area contributed by atoms with Gasteiger partial charge in [-0.15, -0.1) is 0 Å². The molecule has 0 aliphatic heterocycles. The minimum absolute atomic E-state index is 0.0949. The number of hydrogen-bond acceptors (Lipinski definition) is 4. The third-order valence-electron chi connectivity index (χ3n) is 1.84. The van der Waals surface area contributed by atoms with Crippen molar-refractivity contribution in [1.29, 1.82) is 0 Å². The molecular weight excluding hydrogens is 214 g/mol. The number of para-hydroxylation sites is 1. The van der Waals surface area contributed by atoms with E-state index in [0.717, 1.165) is 12.2 Å². The predicted molar refractivity (Wildman–Crippen MR) is 56.3 cm³/mol. The van der Waals surface area contributed by atoms with E-state index in [1.807, 2.05) is 0 Å². The van der Waals surface area contributed by atoms with Crippen LogP contribution in [0.4, 0.5) is 5.69 Å². The Morgan fingerprint density at radius 2 is 2.25 bits per heavy atom. The van der Waals surface area contributed by atoms with Crippen LogP contribution in [0.1, 0.15) is 5.56 Å². The van der Waals surface area contributed by atoms with Crippen molar-refractivity contribution in [2.75, 3.05) is 7.11 Å². The van der Waals surface area contributed by atoms with Crippen LogP contribution in [0, 0.1) is 10.1 Å². The van der Waals surface area contributed by atoms with Crippen molar-refractivity contribution in [2.45, 2.75) is 0 Å². The highest BCUT2D eigenvalue weighted by atomic mass is 16.6. The second-order valence-electron chi connectivity index (χ2n) is 2.83. The third kappa shape index (κ3) is 2.57. The monoisotopic (exact) mass is 223 g/mol. The minimum atomic E-state index is -1.17. The van der Waals surface area contributed by atoms with Crippen LogP contribution in [0.3, 0.4) is 0 Å². The van der Waals surface area contributed by atoms with E-state index in [9.17, 15) is 14.9 Å². The molecule has 0 aliphatic carbocycles. The number of hydrogen-bond donors (Lipinski definition) is 1. The fourth-order valence-corrected chi connectivity index (χ4v) is 1.19. The molecule has 0 saturated heterocycles. The van der Waals surface area contributed by atoms with Crippen LogP contribution in [-0.4, -0.2) is 23.1 Å². The van der Waals surface area contributed by atoms with Gasteiger partial charge in [0.2, 0.25) is 0 Å². The molecule has 0 radical (unpaired) electrons. The van der Waals surface area contributed by atoms with E-state index in [0.29, 0.717) is 0 Å². The second kappa shape index (κ2) is 4.92. The van der Waals surface area contributed by atoms with E-state index in [2.05, 4.69) is 0 Å². The number of aliphatic carboxylic acids is 1. The summed E-state index contributed by atoms with van der Waals surface area (Å²) in [6.45, 7) is 0. The van der Waals surface area contributed by atoms with Crippen molar-refractivity contribution in [2.24, 2.45) is 0 Å². The van der Waals surface area contributed by atoms with Crippen LogP contribution < -0.4 is 4.74 Å². The maximum atomic E-state index is 10.8. The maximum absolute atomic E-state index is 10.8. The van der Waals surface area contributed by atoms with Gasteiger partial charge in [0, 0.05) is 6.08 Å². The zero-order valence-corrected chi connectivity index (χ0v) is 8.41. The molecule has 1 rings (SSSR count). The summed E-state index contributed by atoms with van der Waals surface area (Å²) in [6.07, 6.45) is 1.99. The first-order valence-corrected chi connectivity index (χ1v) is 4.28. The highest BCUT2D eigenvalue weighted by Crippen LogP contribution is 2.31. The van der Waals surface area contributed by atoms with Crippen LogP contribution in [0.5, 0.6) is 5.75 Å². The summed E-state index contributed by atoms with van der Waals surface area (Å²) in [5.74, 6) is -1.07. The number of benzene rings is 1. The molecular formula is C10H9NO5. The van der Waals surface area contributed by atoms with Crippen LogP contribution in [0.15, 0.2) is 24.3 Å². The lowest BCUT2D eigenvalue weighted by Gasteiger charge is -2.03. The number of carbonyl (C=O) groups is 1. The zero-order valence-electron chi connectivity index (χ0n) is 8.41. The Labute approximate surface area is 90.9 Å². The van der Waals surface area contributed by atoms with Crippen LogP contribution in [0.25, 0.3) is 6.08 Å². The molecule has 0 amide bonds. The van der Waals surface area contributed by atoms with Gasteiger partial charge in [-0.2, -0.15) is 0 Å². The summed E-state index contributed by atoms with van der Waals surface area (Å²) < 4.78 is 4.83. The highest BCUT2D eigenvalue weighted by molar-refractivity contribution is 5.86. The summed E-state index contributed by atoms with van der Waals surface area (Å²) in [5, 5.41) is 19.2. The molecule has 1 N–H and O–H groups in total. The van der Waals surface area contributed by atoms with Crippen molar-refractivity contribution in [1.82, 2.24) is 0 Å². The van der Waals surface area contributed by atoms with Crippen molar-refractivity contribution in [3.8, 4) is 5.75 Å². The van der Waals surface area contributed by atoms with E-state index in [1.54, 1.807) is 6.07 Å². The van der Waals surface area contributed by atoms with Gasteiger partial charge < -0.3 is 9.84 Å². The molecule has 0 atom stereocenters. The lowest BCUT2D eigenvalue weighted by atomic mass is 10.1. The van der Waals surface area contributed by atoms with E-state index >= 15 is 0 Å². The fraction of sp³-hybridized carbons (Fsp3) is 0.100. The Hall–Kier alpha value is -2.37. The lowest BCUT2D eigenvalue weighted by Crippen LogP contribution is -1.96. The van der Waals surface area contributed by atoms with E-state index in [-0.39, 0.29) is 17.0 Å². The van der Waals surface area contributed by atoms with Crippen molar-refractivity contribution >= 4 is 17.7 Å². The quantitative estimate of drug-likeness (QED) is 0.476. The van der Waals surface area contributed by atoms with Gasteiger partial charge in [-0.1, -0.05) is 6.07 Å². The Kier molecular flexibility index (Phi) is 3.60. The Morgan fingerprint density at radius 3 is 2.75 bits per heavy atom. The van der Waals surface area contributed by atoms with E-state index in [4.69, 9.17) is 9.84 Å². The molecule has 0 saturated carbocycles. The molecule has 0 fully saturated rings. The molecule has 0 unspecified atom stereocenters. The topological polar surface area (TPSA) is 89.7 Å². The van der Waals surface area contributed by atoms with Crippen LogP contribution in [0.2, 0.25) is 0 Å². The number of rotatable bonds is 4. The molecule has 0 aromatic heterocycles. The molecule has 6 nitrogen and oxygen atoms in total. The van der Waals surface area contributed by atoms with Gasteiger partial charge in [0.05, 0.1) is 17.6 Å². The van der Waals surface area contributed by atoms with Crippen LogP contribution in [-0.2, 0) is 4.79 Å². The molecule has 6 heteroatoms. The summed E-state index contributed by atoms with van der Waals surface area (Å²) in [5.41, 5.74) is -0.0609. The van der Waals surface area contributed by atoms with Gasteiger partial charge in [-0.3, -0.25) is 10.1 Å². The average molecular weight is 223 g/mol. The standard InChI is InChI=1S/C10H9NO5/c1-16-8-4-2-3-7(5-6-9(12)13)10(8)11(14)15/h2-6H,1H3,(H,12,13). The average Bonchev–Trinajstić information content (AvgIpc) is 2.25. The Morgan fingerprint density at radius 1 is 1.56 bits per heavy atom. The SMILES string of the molecule is COc1cccc(C=CC(=O)O)c1[N+](=O)[O-]. The lowest BCUT2D eigenvalue weighted by molar-refractivity contribution is -0.386. The molecule has 1 aromatic carbocycles. The number of methoxy groups -OCH3 is 1. The molecule has 16 heavy (non-hydrogen) atoms. The van der Waals surface area contributed by atoms with Gasteiger partial charge in [0.1, 0.15) is 0 Å². The summed E-state index contributed by atoms with van der Waals surface area (Å²) in [7, 11) is 1.31. The van der Waals surface area contributed by atoms with Crippen molar-refractivity contribution < 1.29 is 19.6 Å². The minimum Gasteiger partial charge on any atom is -0.490 e. The Bertz CT molecular complexity index is 453. The van der Waals surface area contributed by atoms with Crippen molar-refractivity contribution in [3.63, 3.8) is 0 Å². The number of nitrogens with zero attached hydrogens (tertiary/aromatic N) is 1. The maximum Gasteiger partial charge on any atom is 0.328 e.